The molecule has 0 fully saturated rings. The van der Waals surface area contributed by atoms with Crippen LogP contribution in [0.4, 0.5) is 9.93 Å². The van der Waals surface area contributed by atoms with Gasteiger partial charge in [0.05, 0.1) is 12.7 Å². The first-order valence-corrected chi connectivity index (χ1v) is 7.82. The highest BCUT2D eigenvalue weighted by Gasteiger charge is 2.22. The molecule has 0 spiro atoms. The van der Waals surface area contributed by atoms with Crippen molar-refractivity contribution in [3.8, 4) is 0 Å². The van der Waals surface area contributed by atoms with Crippen LogP contribution >= 0.6 is 22.9 Å². The fraction of sp³-hybridized carbons (Fsp3) is 0.500. The standard InChI is InChI=1S/C14H19ClN2O4S/c1-6-7-8(11(18)20-5)9-10(15)22-12(16-9)17-13(19)21-14(2,3)4/h7H,6H2,1-5H3,(H,16,17,19). The molecule has 1 aromatic heterocycles. The Kier molecular flexibility index (Phi) is 6.37. The van der Waals surface area contributed by atoms with E-state index in [1.54, 1.807) is 26.8 Å². The number of thiazole rings is 1. The Morgan fingerprint density at radius 3 is 2.55 bits per heavy atom. The minimum absolute atomic E-state index is 0.250. The number of amides is 1. The summed E-state index contributed by atoms with van der Waals surface area (Å²) in [6, 6.07) is 0. The summed E-state index contributed by atoms with van der Waals surface area (Å²) in [5.41, 5.74) is -0.0670. The van der Waals surface area contributed by atoms with E-state index < -0.39 is 17.7 Å². The molecule has 1 amide bonds. The van der Waals surface area contributed by atoms with Gasteiger partial charge in [-0.1, -0.05) is 35.9 Å². The number of allylic oxidation sites excluding steroid dienone is 1. The number of carbonyl (C=O) groups excluding carboxylic acids is 2. The number of aromatic nitrogens is 1. The summed E-state index contributed by atoms with van der Waals surface area (Å²) >= 11 is 7.15. The molecular formula is C14H19ClN2O4S. The number of esters is 1. The number of halogens is 1. The van der Waals surface area contributed by atoms with Gasteiger partial charge in [0.25, 0.3) is 0 Å². The van der Waals surface area contributed by atoms with Crippen LogP contribution in [-0.4, -0.2) is 29.8 Å². The van der Waals surface area contributed by atoms with E-state index in [0.29, 0.717) is 6.42 Å². The summed E-state index contributed by atoms with van der Waals surface area (Å²) in [4.78, 5) is 27.7. The molecule has 0 atom stereocenters. The SMILES string of the molecule is CCC=C(C(=O)OC)c1nc(NC(=O)OC(C)(C)C)sc1Cl. The lowest BCUT2D eigenvalue weighted by Gasteiger charge is -2.18. The highest BCUT2D eigenvalue weighted by Crippen LogP contribution is 2.33. The van der Waals surface area contributed by atoms with Crippen LogP contribution in [0.1, 0.15) is 39.8 Å². The van der Waals surface area contributed by atoms with E-state index in [-0.39, 0.29) is 20.7 Å². The molecule has 6 nitrogen and oxygen atoms in total. The van der Waals surface area contributed by atoms with Gasteiger partial charge in [-0.3, -0.25) is 5.32 Å². The van der Waals surface area contributed by atoms with Gasteiger partial charge in [-0.15, -0.1) is 0 Å². The van der Waals surface area contributed by atoms with Gasteiger partial charge in [-0.25, -0.2) is 14.6 Å². The van der Waals surface area contributed by atoms with Gasteiger partial charge in [-0.2, -0.15) is 0 Å². The second-order valence-electron chi connectivity index (χ2n) is 5.29. The maximum Gasteiger partial charge on any atom is 0.413 e. The van der Waals surface area contributed by atoms with Crippen LogP contribution in [0.3, 0.4) is 0 Å². The molecule has 0 aliphatic carbocycles. The highest BCUT2D eigenvalue weighted by atomic mass is 35.5. The molecule has 0 bridgehead atoms. The van der Waals surface area contributed by atoms with Crippen molar-refractivity contribution in [2.24, 2.45) is 0 Å². The van der Waals surface area contributed by atoms with Crippen LogP contribution in [0, 0.1) is 0 Å². The molecule has 0 unspecified atom stereocenters. The van der Waals surface area contributed by atoms with Gasteiger partial charge in [0, 0.05) is 0 Å². The lowest BCUT2D eigenvalue weighted by molar-refractivity contribution is -0.133. The molecule has 122 valence electrons. The lowest BCUT2D eigenvalue weighted by Crippen LogP contribution is -2.27. The second-order valence-corrected chi connectivity index (χ2v) is 6.89. The first-order chi connectivity index (χ1) is 10.2. The number of hydrogen-bond donors (Lipinski definition) is 1. The topological polar surface area (TPSA) is 77.5 Å². The number of carbonyl (C=O) groups is 2. The Balaban J connectivity index is 2.98. The van der Waals surface area contributed by atoms with Crippen molar-refractivity contribution in [2.75, 3.05) is 12.4 Å². The molecular weight excluding hydrogens is 328 g/mol. The fourth-order valence-electron chi connectivity index (χ4n) is 1.50. The van der Waals surface area contributed by atoms with Crippen molar-refractivity contribution >= 4 is 45.7 Å². The average molecular weight is 347 g/mol. The van der Waals surface area contributed by atoms with Crippen LogP contribution < -0.4 is 5.32 Å². The maximum absolute atomic E-state index is 11.8. The number of anilines is 1. The number of ether oxygens (including phenoxy) is 2. The van der Waals surface area contributed by atoms with Crippen LogP contribution in [0.5, 0.6) is 0 Å². The fourth-order valence-corrected chi connectivity index (χ4v) is 2.56. The molecule has 1 N–H and O–H groups in total. The zero-order chi connectivity index (χ0) is 16.9. The minimum atomic E-state index is -0.636. The predicted molar refractivity (Wildman–Crippen MR) is 87.3 cm³/mol. The Hall–Kier alpha value is -1.60. The van der Waals surface area contributed by atoms with Gasteiger partial charge < -0.3 is 9.47 Å². The predicted octanol–water partition coefficient (Wildman–Crippen LogP) is 4.11. The van der Waals surface area contributed by atoms with Crippen molar-refractivity contribution in [3.63, 3.8) is 0 Å². The first kappa shape index (κ1) is 18.4. The highest BCUT2D eigenvalue weighted by molar-refractivity contribution is 7.19. The van der Waals surface area contributed by atoms with E-state index in [1.807, 2.05) is 6.92 Å². The first-order valence-electron chi connectivity index (χ1n) is 6.63. The van der Waals surface area contributed by atoms with E-state index in [0.717, 1.165) is 11.3 Å². The lowest BCUT2D eigenvalue weighted by atomic mass is 10.2. The van der Waals surface area contributed by atoms with Gasteiger partial charge in [0.1, 0.15) is 15.6 Å². The van der Waals surface area contributed by atoms with Crippen molar-refractivity contribution in [1.82, 2.24) is 4.98 Å². The summed E-state index contributed by atoms with van der Waals surface area (Å²) < 4.78 is 10.1. The molecule has 1 rings (SSSR count). The zero-order valence-electron chi connectivity index (χ0n) is 13.2. The molecule has 22 heavy (non-hydrogen) atoms. The maximum atomic E-state index is 11.8. The molecule has 1 heterocycles. The number of rotatable bonds is 4. The number of nitrogens with zero attached hydrogens (tertiary/aromatic N) is 1. The molecule has 0 radical (unpaired) electrons. The summed E-state index contributed by atoms with van der Waals surface area (Å²) in [6.07, 6.45) is 1.65. The quantitative estimate of drug-likeness (QED) is 0.655. The van der Waals surface area contributed by atoms with Crippen LogP contribution in [0.15, 0.2) is 6.08 Å². The summed E-state index contributed by atoms with van der Waals surface area (Å²) in [6.45, 7) is 7.15. The van der Waals surface area contributed by atoms with Crippen molar-refractivity contribution < 1.29 is 19.1 Å². The van der Waals surface area contributed by atoms with Gasteiger partial charge >= 0.3 is 12.1 Å². The Morgan fingerprint density at radius 1 is 1.41 bits per heavy atom. The van der Waals surface area contributed by atoms with E-state index in [2.05, 4.69) is 10.3 Å². The van der Waals surface area contributed by atoms with Crippen molar-refractivity contribution in [3.05, 3.63) is 16.1 Å². The molecule has 0 saturated carbocycles. The largest absolute Gasteiger partial charge is 0.465 e. The summed E-state index contributed by atoms with van der Waals surface area (Å²) in [7, 11) is 1.28. The van der Waals surface area contributed by atoms with E-state index in [4.69, 9.17) is 21.1 Å². The van der Waals surface area contributed by atoms with Crippen LogP contribution in [-0.2, 0) is 14.3 Å². The molecule has 8 heteroatoms. The van der Waals surface area contributed by atoms with Crippen molar-refractivity contribution in [1.29, 1.82) is 0 Å². The number of methoxy groups -OCH3 is 1. The minimum Gasteiger partial charge on any atom is -0.465 e. The molecule has 1 aromatic rings. The molecule has 0 aromatic carbocycles. The summed E-state index contributed by atoms with van der Waals surface area (Å²) in [5.74, 6) is -0.530. The molecule has 0 saturated heterocycles. The Bertz CT molecular complexity index is 590. The smallest absolute Gasteiger partial charge is 0.413 e. The van der Waals surface area contributed by atoms with E-state index >= 15 is 0 Å². The average Bonchev–Trinajstić information content (AvgIpc) is 2.73. The third-order valence-electron chi connectivity index (χ3n) is 2.26. The third kappa shape index (κ3) is 5.31. The monoisotopic (exact) mass is 346 g/mol. The third-order valence-corrected chi connectivity index (χ3v) is 3.43. The normalized spacial score (nSPS) is 12.0. The van der Waals surface area contributed by atoms with Crippen molar-refractivity contribution in [2.45, 2.75) is 39.7 Å². The second kappa shape index (κ2) is 7.60. The van der Waals surface area contributed by atoms with Crippen LogP contribution in [0.2, 0.25) is 4.34 Å². The summed E-state index contributed by atoms with van der Waals surface area (Å²) in [5, 5.41) is 2.75. The molecule has 0 aliphatic rings. The number of nitrogens with one attached hydrogen (secondary N) is 1. The van der Waals surface area contributed by atoms with E-state index in [1.165, 1.54) is 7.11 Å². The van der Waals surface area contributed by atoms with Crippen LogP contribution in [0.25, 0.3) is 5.57 Å². The Labute approximate surface area is 138 Å². The van der Waals surface area contributed by atoms with Gasteiger partial charge in [0.15, 0.2) is 5.13 Å². The van der Waals surface area contributed by atoms with E-state index in [9.17, 15) is 9.59 Å². The van der Waals surface area contributed by atoms with Gasteiger partial charge in [0.2, 0.25) is 0 Å². The zero-order valence-corrected chi connectivity index (χ0v) is 14.7. The Morgan fingerprint density at radius 2 is 2.05 bits per heavy atom. The molecule has 0 aliphatic heterocycles. The number of hydrogen-bond acceptors (Lipinski definition) is 6. The van der Waals surface area contributed by atoms with Gasteiger partial charge in [-0.05, 0) is 27.2 Å².